The second-order valence-corrected chi connectivity index (χ2v) is 11.7. The van der Waals surface area contributed by atoms with Gasteiger partial charge in [0.25, 0.3) is 8.32 Å². The summed E-state index contributed by atoms with van der Waals surface area (Å²) in [5.41, 5.74) is 0. The molecule has 2 aromatic rings. The largest absolute Gasteiger partial charge is 0.407 e. The first-order valence-electron chi connectivity index (χ1n) is 8.48. The molecule has 1 fully saturated rings. The van der Waals surface area contributed by atoms with E-state index in [4.69, 9.17) is 4.43 Å². The van der Waals surface area contributed by atoms with Gasteiger partial charge in [0.2, 0.25) is 5.91 Å². The highest BCUT2D eigenvalue weighted by atomic mass is 28.4. The van der Waals surface area contributed by atoms with Gasteiger partial charge in [-0.2, -0.15) is 0 Å². The first-order valence-corrected chi connectivity index (χ1v) is 10.4. The van der Waals surface area contributed by atoms with Crippen LogP contribution in [0.3, 0.4) is 0 Å². The number of nitrogens with one attached hydrogen (secondary N) is 1. The minimum Gasteiger partial charge on any atom is -0.407 e. The molecule has 0 spiro atoms. The Balaban J connectivity index is 2.08. The normalized spacial score (nSPS) is 18.0. The van der Waals surface area contributed by atoms with Crippen LogP contribution >= 0.6 is 0 Å². The maximum atomic E-state index is 11.7. The summed E-state index contributed by atoms with van der Waals surface area (Å²) in [6.45, 7) is 7.95. The van der Waals surface area contributed by atoms with E-state index in [0.717, 1.165) is 6.54 Å². The lowest BCUT2D eigenvalue weighted by molar-refractivity contribution is -0.132. The van der Waals surface area contributed by atoms with E-state index in [2.05, 4.69) is 74.6 Å². The topological polar surface area (TPSA) is 38.3 Å². The van der Waals surface area contributed by atoms with Crippen molar-refractivity contribution in [3.63, 3.8) is 0 Å². The molecule has 3 nitrogen and oxygen atoms in total. The highest BCUT2D eigenvalue weighted by Gasteiger charge is 2.50. The monoisotopic (exact) mass is 339 g/mol. The highest BCUT2D eigenvalue weighted by Crippen LogP contribution is 2.37. The van der Waals surface area contributed by atoms with Gasteiger partial charge in [-0.05, 0) is 15.4 Å². The predicted molar refractivity (Wildman–Crippen MR) is 100 cm³/mol. The van der Waals surface area contributed by atoms with Crippen LogP contribution in [0.2, 0.25) is 5.04 Å². The minimum atomic E-state index is -2.50. The molecule has 1 unspecified atom stereocenters. The Bertz CT molecular complexity index is 655. The quantitative estimate of drug-likeness (QED) is 0.671. The summed E-state index contributed by atoms with van der Waals surface area (Å²) in [6, 6.07) is 21.1. The Kier molecular flexibility index (Phi) is 4.61. The summed E-state index contributed by atoms with van der Waals surface area (Å²) in [4.78, 5) is 11.7. The van der Waals surface area contributed by atoms with E-state index < -0.39 is 8.32 Å². The SMILES string of the molecule is CC(C)(C)[Si](OCC1CNC1=O)(c1ccccc1)c1ccccc1. The van der Waals surface area contributed by atoms with E-state index in [-0.39, 0.29) is 16.9 Å². The summed E-state index contributed by atoms with van der Waals surface area (Å²) >= 11 is 0. The van der Waals surface area contributed by atoms with Gasteiger partial charge in [-0.3, -0.25) is 4.79 Å². The van der Waals surface area contributed by atoms with Crippen molar-refractivity contribution in [2.45, 2.75) is 25.8 Å². The molecule has 0 aromatic heterocycles. The Morgan fingerprint density at radius 2 is 1.50 bits per heavy atom. The standard InChI is InChI=1S/C20H25NO2Si/c1-20(2,3)24(17-10-6-4-7-11-17,18-12-8-5-9-13-18)23-15-16-14-21-19(16)22/h4-13,16H,14-15H2,1-3H3,(H,21,22). The van der Waals surface area contributed by atoms with Crippen molar-refractivity contribution in [1.82, 2.24) is 5.32 Å². The fraction of sp³-hybridized carbons (Fsp3) is 0.350. The molecule has 24 heavy (non-hydrogen) atoms. The molecule has 0 radical (unpaired) electrons. The van der Waals surface area contributed by atoms with Gasteiger partial charge in [-0.1, -0.05) is 81.4 Å². The lowest BCUT2D eigenvalue weighted by Gasteiger charge is -2.44. The zero-order valence-corrected chi connectivity index (χ0v) is 15.6. The van der Waals surface area contributed by atoms with Crippen molar-refractivity contribution in [2.75, 3.05) is 13.2 Å². The number of β-lactam (4-membered cyclic amide) rings is 1. The summed E-state index contributed by atoms with van der Waals surface area (Å²) in [7, 11) is -2.50. The molecule has 0 saturated carbocycles. The number of hydrogen-bond acceptors (Lipinski definition) is 2. The van der Waals surface area contributed by atoms with Crippen LogP contribution in [0, 0.1) is 5.92 Å². The van der Waals surface area contributed by atoms with Crippen LogP contribution in [0.25, 0.3) is 0 Å². The Hall–Kier alpha value is -1.91. The lowest BCUT2D eigenvalue weighted by Crippen LogP contribution is -2.67. The van der Waals surface area contributed by atoms with Gasteiger partial charge < -0.3 is 9.74 Å². The number of benzene rings is 2. The van der Waals surface area contributed by atoms with Gasteiger partial charge in [-0.25, -0.2) is 0 Å². The lowest BCUT2D eigenvalue weighted by atomic mass is 10.0. The van der Waals surface area contributed by atoms with Gasteiger partial charge in [0, 0.05) is 13.2 Å². The maximum absolute atomic E-state index is 11.7. The summed E-state index contributed by atoms with van der Waals surface area (Å²) in [5.74, 6) is 0.0829. The van der Waals surface area contributed by atoms with E-state index in [1.165, 1.54) is 10.4 Å². The van der Waals surface area contributed by atoms with Crippen molar-refractivity contribution in [3.05, 3.63) is 60.7 Å². The molecule has 1 aliphatic rings. The minimum absolute atomic E-state index is 0.0216. The van der Waals surface area contributed by atoms with Gasteiger partial charge in [0.05, 0.1) is 5.92 Å². The zero-order chi connectivity index (χ0) is 17.2. The van der Waals surface area contributed by atoms with Gasteiger partial charge in [-0.15, -0.1) is 0 Å². The molecule has 1 saturated heterocycles. The van der Waals surface area contributed by atoms with Crippen LogP contribution < -0.4 is 15.7 Å². The first kappa shape index (κ1) is 16.9. The van der Waals surface area contributed by atoms with Gasteiger partial charge in [0.15, 0.2) is 0 Å². The summed E-state index contributed by atoms with van der Waals surface area (Å²) < 4.78 is 6.72. The van der Waals surface area contributed by atoms with Gasteiger partial charge in [0.1, 0.15) is 0 Å². The van der Waals surface area contributed by atoms with Crippen LogP contribution in [0.5, 0.6) is 0 Å². The van der Waals surface area contributed by atoms with Crippen LogP contribution in [-0.4, -0.2) is 27.4 Å². The van der Waals surface area contributed by atoms with E-state index in [9.17, 15) is 4.79 Å². The molecule has 1 atom stereocenters. The molecule has 1 heterocycles. The number of carbonyl (C=O) groups excluding carboxylic acids is 1. The third-order valence-corrected chi connectivity index (χ3v) is 9.82. The number of carbonyl (C=O) groups is 1. The van der Waals surface area contributed by atoms with E-state index in [1.54, 1.807) is 0 Å². The Morgan fingerprint density at radius 1 is 1.00 bits per heavy atom. The molecule has 3 rings (SSSR count). The third kappa shape index (κ3) is 2.92. The molecule has 1 N–H and O–H groups in total. The Morgan fingerprint density at radius 3 is 1.83 bits per heavy atom. The van der Waals surface area contributed by atoms with Crippen molar-refractivity contribution >= 4 is 24.6 Å². The second-order valence-electron chi connectivity index (χ2n) is 7.42. The third-order valence-electron chi connectivity index (χ3n) is 4.81. The summed E-state index contributed by atoms with van der Waals surface area (Å²) in [5, 5.41) is 5.27. The molecule has 126 valence electrons. The smallest absolute Gasteiger partial charge is 0.261 e. The first-order chi connectivity index (χ1) is 11.4. The van der Waals surface area contributed by atoms with Crippen LogP contribution in [0.4, 0.5) is 0 Å². The molecular weight excluding hydrogens is 314 g/mol. The predicted octanol–water partition coefficient (Wildman–Crippen LogP) is 2.31. The molecule has 2 aromatic carbocycles. The van der Waals surface area contributed by atoms with Gasteiger partial charge >= 0.3 is 0 Å². The van der Waals surface area contributed by atoms with Crippen LogP contribution in [0.1, 0.15) is 20.8 Å². The van der Waals surface area contributed by atoms with E-state index in [0.29, 0.717) is 6.61 Å². The van der Waals surface area contributed by atoms with Crippen molar-refractivity contribution in [3.8, 4) is 0 Å². The number of rotatable bonds is 5. The maximum Gasteiger partial charge on any atom is 0.261 e. The molecule has 1 aliphatic heterocycles. The second kappa shape index (κ2) is 6.53. The highest BCUT2D eigenvalue weighted by molar-refractivity contribution is 6.99. The fourth-order valence-electron chi connectivity index (χ4n) is 3.45. The molecule has 4 heteroatoms. The Labute approximate surface area is 145 Å². The summed E-state index contributed by atoms with van der Waals surface area (Å²) in [6.07, 6.45) is 0. The molecule has 0 bridgehead atoms. The molecule has 1 amide bonds. The van der Waals surface area contributed by atoms with Crippen molar-refractivity contribution in [1.29, 1.82) is 0 Å². The molecular formula is C20H25NO2Si. The molecule has 0 aliphatic carbocycles. The number of hydrogen-bond donors (Lipinski definition) is 1. The average Bonchev–Trinajstić information content (AvgIpc) is 2.58. The zero-order valence-electron chi connectivity index (χ0n) is 14.6. The van der Waals surface area contributed by atoms with Crippen molar-refractivity contribution < 1.29 is 9.22 Å². The van der Waals surface area contributed by atoms with E-state index >= 15 is 0 Å². The van der Waals surface area contributed by atoms with Crippen molar-refractivity contribution in [2.24, 2.45) is 5.92 Å². The fourth-order valence-corrected chi connectivity index (χ4v) is 8.06. The average molecular weight is 340 g/mol. The van der Waals surface area contributed by atoms with Crippen LogP contribution in [-0.2, 0) is 9.22 Å². The number of amides is 1. The van der Waals surface area contributed by atoms with E-state index in [1.807, 2.05) is 12.1 Å². The van der Waals surface area contributed by atoms with Crippen LogP contribution in [0.15, 0.2) is 60.7 Å².